The highest BCUT2D eigenvalue weighted by Gasteiger charge is 2.00. The van der Waals surface area contributed by atoms with Crippen LogP contribution in [0.3, 0.4) is 0 Å². The molecule has 62 valence electrons. The van der Waals surface area contributed by atoms with Crippen molar-refractivity contribution in [2.45, 2.75) is 20.8 Å². The van der Waals surface area contributed by atoms with Gasteiger partial charge < -0.3 is 0 Å². The molecule has 5 nitrogen and oxygen atoms in total. The fourth-order valence-electron chi connectivity index (χ4n) is 0.200. The highest BCUT2D eigenvalue weighted by molar-refractivity contribution is 7.87. The molecule has 0 aliphatic carbocycles. The quantitative estimate of drug-likeness (QED) is 0.545. The molecular weight excluding hydrogens is 156 g/mol. The maximum absolute atomic E-state index is 9.89. The summed E-state index contributed by atoms with van der Waals surface area (Å²) in [5.74, 6) is -0.687. The SMILES string of the molecule is CC.CC(=O)NS(N)(=O)=O. The third kappa shape index (κ3) is 15.7. The van der Waals surface area contributed by atoms with Crippen LogP contribution in [-0.2, 0) is 15.0 Å². The van der Waals surface area contributed by atoms with Crippen LogP contribution < -0.4 is 9.86 Å². The van der Waals surface area contributed by atoms with Crippen LogP contribution in [0.25, 0.3) is 0 Å². The van der Waals surface area contributed by atoms with Gasteiger partial charge in [-0.05, 0) is 0 Å². The van der Waals surface area contributed by atoms with E-state index in [0.717, 1.165) is 6.92 Å². The van der Waals surface area contributed by atoms with Crippen LogP contribution >= 0.6 is 0 Å². The lowest BCUT2D eigenvalue weighted by Crippen LogP contribution is -2.34. The van der Waals surface area contributed by atoms with Crippen molar-refractivity contribution >= 4 is 16.1 Å². The zero-order valence-corrected chi connectivity index (χ0v) is 7.03. The summed E-state index contributed by atoms with van der Waals surface area (Å²) in [6.45, 7) is 5.06. The summed E-state index contributed by atoms with van der Waals surface area (Å²) in [7, 11) is -3.82. The lowest BCUT2D eigenvalue weighted by Gasteiger charge is -1.92. The Morgan fingerprint density at radius 3 is 1.70 bits per heavy atom. The van der Waals surface area contributed by atoms with Gasteiger partial charge in [0.05, 0.1) is 0 Å². The zero-order valence-electron chi connectivity index (χ0n) is 6.21. The van der Waals surface area contributed by atoms with Crippen LogP contribution in [0.1, 0.15) is 20.8 Å². The Balaban J connectivity index is 0. The predicted molar refractivity (Wildman–Crippen MR) is 38.3 cm³/mol. The van der Waals surface area contributed by atoms with Gasteiger partial charge in [-0.1, -0.05) is 13.8 Å². The highest BCUT2D eigenvalue weighted by Crippen LogP contribution is 1.64. The molecule has 0 spiro atoms. The molecule has 0 aliphatic heterocycles. The number of hydrogen-bond donors (Lipinski definition) is 2. The first kappa shape index (κ1) is 12.1. The molecule has 10 heavy (non-hydrogen) atoms. The van der Waals surface area contributed by atoms with Gasteiger partial charge in [-0.3, -0.25) is 4.79 Å². The summed E-state index contributed by atoms with van der Waals surface area (Å²) in [4.78, 5) is 9.89. The minimum Gasteiger partial charge on any atom is -0.274 e. The third-order valence-corrected chi connectivity index (χ3v) is 0.858. The summed E-state index contributed by atoms with van der Waals surface area (Å²) in [6, 6.07) is 0. The van der Waals surface area contributed by atoms with E-state index in [2.05, 4.69) is 5.14 Å². The smallest absolute Gasteiger partial charge is 0.274 e. The molecule has 0 fully saturated rings. The Hall–Kier alpha value is -0.620. The van der Waals surface area contributed by atoms with E-state index in [1.807, 2.05) is 13.8 Å². The molecule has 0 radical (unpaired) electrons. The average Bonchev–Trinajstić information content (AvgIpc) is 1.64. The summed E-state index contributed by atoms with van der Waals surface area (Å²) >= 11 is 0. The van der Waals surface area contributed by atoms with Crippen molar-refractivity contribution in [1.29, 1.82) is 0 Å². The Kier molecular flexibility index (Phi) is 6.27. The van der Waals surface area contributed by atoms with Crippen LogP contribution in [0.15, 0.2) is 0 Å². The minimum atomic E-state index is -3.82. The van der Waals surface area contributed by atoms with E-state index in [9.17, 15) is 13.2 Å². The molecule has 0 bridgehead atoms. The lowest BCUT2D eigenvalue weighted by molar-refractivity contribution is -0.117. The lowest BCUT2D eigenvalue weighted by atomic mass is 10.8. The van der Waals surface area contributed by atoms with Gasteiger partial charge in [0.25, 0.3) is 10.2 Å². The largest absolute Gasteiger partial charge is 0.298 e. The number of rotatable bonds is 1. The normalized spacial score (nSPS) is 9.20. The highest BCUT2D eigenvalue weighted by atomic mass is 32.2. The molecule has 0 heterocycles. The number of carbonyl (C=O) groups excluding carboxylic acids is 1. The summed E-state index contributed by atoms with van der Waals surface area (Å²) in [6.07, 6.45) is 0. The van der Waals surface area contributed by atoms with Crippen molar-refractivity contribution in [2.75, 3.05) is 0 Å². The van der Waals surface area contributed by atoms with E-state index in [4.69, 9.17) is 0 Å². The molecule has 3 N–H and O–H groups in total. The molecule has 0 rings (SSSR count). The fourth-order valence-corrected chi connectivity index (χ4v) is 0.601. The first-order valence-corrected chi connectivity index (χ1v) is 4.27. The molecule has 0 aliphatic rings. The Morgan fingerprint density at radius 1 is 1.40 bits per heavy atom. The van der Waals surface area contributed by atoms with Crippen LogP contribution in [0.2, 0.25) is 0 Å². The third-order valence-electron chi connectivity index (χ3n) is 0.286. The summed E-state index contributed by atoms with van der Waals surface area (Å²) in [5, 5.41) is 4.38. The molecule has 0 saturated heterocycles. The second kappa shape index (κ2) is 5.19. The number of nitrogens with one attached hydrogen (secondary N) is 1. The van der Waals surface area contributed by atoms with Gasteiger partial charge in [0, 0.05) is 6.92 Å². The number of nitrogens with two attached hydrogens (primary N) is 1. The second-order valence-corrected chi connectivity index (χ2v) is 2.50. The van der Waals surface area contributed by atoms with Crippen molar-refractivity contribution in [2.24, 2.45) is 5.14 Å². The van der Waals surface area contributed by atoms with Crippen molar-refractivity contribution in [1.82, 2.24) is 4.72 Å². The molecular formula is C4H12N2O3S. The first-order chi connectivity index (χ1) is 4.42. The van der Waals surface area contributed by atoms with E-state index in [0.29, 0.717) is 0 Å². The molecule has 0 aromatic carbocycles. The fraction of sp³-hybridized carbons (Fsp3) is 0.750. The van der Waals surface area contributed by atoms with Gasteiger partial charge >= 0.3 is 0 Å². The Bertz CT molecular complexity index is 185. The first-order valence-electron chi connectivity index (χ1n) is 2.73. The summed E-state index contributed by atoms with van der Waals surface area (Å²) < 4.78 is 21.3. The molecule has 1 amide bonds. The second-order valence-electron chi connectivity index (χ2n) is 1.20. The Morgan fingerprint density at radius 2 is 1.70 bits per heavy atom. The minimum absolute atomic E-state index is 0.687. The van der Waals surface area contributed by atoms with Crippen molar-refractivity contribution in [3.8, 4) is 0 Å². The summed E-state index contributed by atoms with van der Waals surface area (Å²) in [5.41, 5.74) is 0. The molecule has 0 aromatic rings. The monoisotopic (exact) mass is 168 g/mol. The molecule has 0 aromatic heterocycles. The van der Waals surface area contributed by atoms with Crippen LogP contribution in [0.5, 0.6) is 0 Å². The molecule has 0 atom stereocenters. The van der Waals surface area contributed by atoms with E-state index in [1.54, 1.807) is 0 Å². The Labute approximate surface area is 60.8 Å². The number of carbonyl (C=O) groups is 1. The maximum atomic E-state index is 9.89. The van der Waals surface area contributed by atoms with Gasteiger partial charge in [-0.2, -0.15) is 8.42 Å². The van der Waals surface area contributed by atoms with E-state index < -0.39 is 16.1 Å². The van der Waals surface area contributed by atoms with Crippen molar-refractivity contribution in [3.05, 3.63) is 0 Å². The van der Waals surface area contributed by atoms with E-state index in [-0.39, 0.29) is 0 Å². The topological polar surface area (TPSA) is 89.3 Å². The molecule has 6 heteroatoms. The van der Waals surface area contributed by atoms with Gasteiger partial charge in [-0.15, -0.1) is 0 Å². The zero-order chi connectivity index (χ0) is 8.78. The molecule has 0 saturated carbocycles. The average molecular weight is 168 g/mol. The standard InChI is InChI=1S/C2H6N2O3S.C2H6/c1-2(5)4-8(3,6)7;1-2/h1H3,(H,4,5)(H2,3,6,7);1-2H3. The van der Waals surface area contributed by atoms with Gasteiger partial charge in [-0.25, -0.2) is 9.86 Å². The van der Waals surface area contributed by atoms with Crippen LogP contribution in [-0.4, -0.2) is 14.3 Å². The van der Waals surface area contributed by atoms with Crippen molar-refractivity contribution in [3.63, 3.8) is 0 Å². The van der Waals surface area contributed by atoms with E-state index in [1.165, 1.54) is 4.72 Å². The van der Waals surface area contributed by atoms with Gasteiger partial charge in [0.15, 0.2) is 0 Å². The van der Waals surface area contributed by atoms with Gasteiger partial charge in [0.2, 0.25) is 5.91 Å². The predicted octanol–water partition coefficient (Wildman–Crippen LogP) is -0.648. The maximum Gasteiger partial charge on any atom is 0.298 e. The van der Waals surface area contributed by atoms with Crippen LogP contribution in [0, 0.1) is 0 Å². The van der Waals surface area contributed by atoms with Crippen LogP contribution in [0.4, 0.5) is 0 Å². The van der Waals surface area contributed by atoms with Gasteiger partial charge in [0.1, 0.15) is 0 Å². The number of hydrogen-bond acceptors (Lipinski definition) is 3. The number of amides is 1. The van der Waals surface area contributed by atoms with Crippen molar-refractivity contribution < 1.29 is 13.2 Å². The molecule has 0 unspecified atom stereocenters. The van der Waals surface area contributed by atoms with E-state index >= 15 is 0 Å².